The number of carbonyl (C=O) groups is 1. The SMILES string of the molecule is O=C(Nc1cccc(OCCn2cccn2)c1)c1cc([N+](=O)[O-])ccc1I. The molecule has 0 radical (unpaired) electrons. The molecular formula is C18H15IN4O4. The van der Waals surface area contributed by atoms with Crippen LogP contribution in [0.2, 0.25) is 0 Å². The van der Waals surface area contributed by atoms with Gasteiger partial charge in [0.05, 0.1) is 17.0 Å². The van der Waals surface area contributed by atoms with Crippen LogP contribution in [-0.2, 0) is 6.54 Å². The Kier molecular flexibility index (Phi) is 6.01. The average Bonchev–Trinajstić information content (AvgIpc) is 3.15. The zero-order chi connectivity index (χ0) is 19.2. The number of anilines is 1. The summed E-state index contributed by atoms with van der Waals surface area (Å²) < 4.78 is 8.07. The molecule has 0 aliphatic carbocycles. The minimum atomic E-state index is -0.527. The van der Waals surface area contributed by atoms with Gasteiger partial charge < -0.3 is 10.1 Å². The predicted octanol–water partition coefficient (Wildman–Crippen LogP) is 3.73. The van der Waals surface area contributed by atoms with E-state index in [0.717, 1.165) is 0 Å². The Morgan fingerprint density at radius 3 is 2.85 bits per heavy atom. The fourth-order valence-electron chi connectivity index (χ4n) is 2.35. The van der Waals surface area contributed by atoms with Crippen LogP contribution in [-0.4, -0.2) is 27.2 Å². The monoisotopic (exact) mass is 478 g/mol. The number of nitrogens with one attached hydrogen (secondary N) is 1. The van der Waals surface area contributed by atoms with Crippen LogP contribution in [0.5, 0.6) is 5.75 Å². The van der Waals surface area contributed by atoms with Gasteiger partial charge in [0.1, 0.15) is 12.4 Å². The van der Waals surface area contributed by atoms with Gasteiger partial charge in [0.2, 0.25) is 0 Å². The third-order valence-corrected chi connectivity index (χ3v) is 4.59. The van der Waals surface area contributed by atoms with Gasteiger partial charge in [-0.1, -0.05) is 6.07 Å². The maximum atomic E-state index is 12.5. The Morgan fingerprint density at radius 1 is 1.26 bits per heavy atom. The number of nitro groups is 1. The van der Waals surface area contributed by atoms with Crippen molar-refractivity contribution in [3.63, 3.8) is 0 Å². The predicted molar refractivity (Wildman–Crippen MR) is 108 cm³/mol. The molecule has 1 N–H and O–H groups in total. The first kappa shape index (κ1) is 18.8. The van der Waals surface area contributed by atoms with Gasteiger partial charge in [0.15, 0.2) is 0 Å². The quantitative estimate of drug-likeness (QED) is 0.317. The zero-order valence-electron chi connectivity index (χ0n) is 14.0. The number of amides is 1. The van der Waals surface area contributed by atoms with Crippen LogP contribution in [0.4, 0.5) is 11.4 Å². The van der Waals surface area contributed by atoms with Gasteiger partial charge in [-0.15, -0.1) is 0 Å². The van der Waals surface area contributed by atoms with Gasteiger partial charge in [0.25, 0.3) is 11.6 Å². The molecule has 2 aromatic carbocycles. The van der Waals surface area contributed by atoms with Gasteiger partial charge in [-0.25, -0.2) is 0 Å². The molecule has 0 unspecified atom stereocenters. The van der Waals surface area contributed by atoms with Crippen LogP contribution in [0, 0.1) is 13.7 Å². The van der Waals surface area contributed by atoms with E-state index in [-0.39, 0.29) is 11.3 Å². The van der Waals surface area contributed by atoms with Crippen molar-refractivity contribution in [1.82, 2.24) is 9.78 Å². The van der Waals surface area contributed by atoms with E-state index in [9.17, 15) is 14.9 Å². The van der Waals surface area contributed by atoms with Crippen LogP contribution in [0.15, 0.2) is 60.9 Å². The maximum absolute atomic E-state index is 12.5. The summed E-state index contributed by atoms with van der Waals surface area (Å²) in [7, 11) is 0. The number of non-ortho nitro benzene ring substituents is 1. The summed E-state index contributed by atoms with van der Waals surface area (Å²) in [5, 5.41) is 17.8. The summed E-state index contributed by atoms with van der Waals surface area (Å²) in [5.41, 5.74) is 0.657. The number of hydrogen-bond acceptors (Lipinski definition) is 5. The second-order valence-electron chi connectivity index (χ2n) is 5.52. The second kappa shape index (κ2) is 8.62. The Hall–Kier alpha value is -2.95. The van der Waals surface area contributed by atoms with Crippen molar-refractivity contribution < 1.29 is 14.5 Å². The van der Waals surface area contributed by atoms with Gasteiger partial charge >= 0.3 is 0 Å². The normalized spacial score (nSPS) is 10.4. The van der Waals surface area contributed by atoms with E-state index in [0.29, 0.717) is 28.2 Å². The van der Waals surface area contributed by atoms with Gasteiger partial charge in [-0.2, -0.15) is 5.10 Å². The lowest BCUT2D eigenvalue weighted by atomic mass is 10.2. The summed E-state index contributed by atoms with van der Waals surface area (Å²) in [6.07, 6.45) is 3.55. The van der Waals surface area contributed by atoms with Gasteiger partial charge in [-0.05, 0) is 46.9 Å². The highest BCUT2D eigenvalue weighted by molar-refractivity contribution is 14.1. The fourth-order valence-corrected chi connectivity index (χ4v) is 2.93. The number of nitro benzene ring substituents is 1. The number of rotatable bonds is 7. The third-order valence-electron chi connectivity index (χ3n) is 3.65. The Morgan fingerprint density at radius 2 is 2.11 bits per heavy atom. The highest BCUT2D eigenvalue weighted by atomic mass is 127. The molecule has 138 valence electrons. The van der Waals surface area contributed by atoms with Crippen molar-refractivity contribution >= 4 is 39.9 Å². The van der Waals surface area contributed by atoms with Crippen LogP contribution >= 0.6 is 22.6 Å². The molecule has 3 aromatic rings. The minimum absolute atomic E-state index is 0.128. The lowest BCUT2D eigenvalue weighted by molar-refractivity contribution is -0.384. The third kappa shape index (κ3) is 5.03. The van der Waals surface area contributed by atoms with E-state index in [1.54, 1.807) is 41.2 Å². The first-order valence-corrected chi connectivity index (χ1v) is 9.06. The van der Waals surface area contributed by atoms with Crippen LogP contribution in [0.25, 0.3) is 0 Å². The Labute approximate surface area is 168 Å². The fraction of sp³-hybridized carbons (Fsp3) is 0.111. The minimum Gasteiger partial charge on any atom is -0.492 e. The molecule has 0 aliphatic rings. The molecule has 0 bridgehead atoms. The highest BCUT2D eigenvalue weighted by Gasteiger charge is 2.16. The topological polar surface area (TPSA) is 99.3 Å². The summed E-state index contributed by atoms with van der Waals surface area (Å²) in [6.45, 7) is 1.04. The molecule has 0 spiro atoms. The van der Waals surface area contributed by atoms with Crippen LogP contribution in [0.3, 0.4) is 0 Å². The van der Waals surface area contributed by atoms with E-state index in [1.165, 1.54) is 12.1 Å². The molecule has 0 saturated carbocycles. The Bertz CT molecular complexity index is 960. The van der Waals surface area contributed by atoms with E-state index < -0.39 is 10.8 Å². The van der Waals surface area contributed by atoms with Crippen molar-refractivity contribution in [3.8, 4) is 5.75 Å². The average molecular weight is 478 g/mol. The lowest BCUT2D eigenvalue weighted by Crippen LogP contribution is -2.14. The molecule has 0 fully saturated rings. The molecule has 1 heterocycles. The molecule has 1 aromatic heterocycles. The van der Waals surface area contributed by atoms with Crippen molar-refractivity contribution in [3.05, 3.63) is 80.2 Å². The van der Waals surface area contributed by atoms with Crippen molar-refractivity contribution in [2.45, 2.75) is 6.54 Å². The summed E-state index contributed by atoms with van der Waals surface area (Å²) in [5.74, 6) is 0.186. The molecule has 27 heavy (non-hydrogen) atoms. The number of hydrogen-bond donors (Lipinski definition) is 1. The number of nitrogens with zero attached hydrogens (tertiary/aromatic N) is 3. The lowest BCUT2D eigenvalue weighted by Gasteiger charge is -2.10. The smallest absolute Gasteiger partial charge is 0.270 e. The summed E-state index contributed by atoms with van der Waals surface area (Å²) in [4.78, 5) is 22.9. The zero-order valence-corrected chi connectivity index (χ0v) is 16.2. The van der Waals surface area contributed by atoms with E-state index in [1.807, 2.05) is 34.9 Å². The maximum Gasteiger partial charge on any atom is 0.270 e. The number of aromatic nitrogens is 2. The first-order valence-electron chi connectivity index (χ1n) is 7.98. The Balaban J connectivity index is 1.66. The van der Waals surface area contributed by atoms with Crippen LogP contribution < -0.4 is 10.1 Å². The van der Waals surface area contributed by atoms with Gasteiger partial charge in [-0.3, -0.25) is 19.6 Å². The summed E-state index contributed by atoms with van der Waals surface area (Å²) in [6, 6.07) is 13.0. The molecule has 3 rings (SSSR count). The number of benzene rings is 2. The molecule has 0 aliphatic heterocycles. The van der Waals surface area contributed by atoms with Crippen molar-refractivity contribution in [1.29, 1.82) is 0 Å². The van der Waals surface area contributed by atoms with Crippen molar-refractivity contribution in [2.75, 3.05) is 11.9 Å². The standard InChI is InChI=1S/C18H15IN4O4/c19-17-6-5-14(23(25)26)12-16(17)18(24)21-13-3-1-4-15(11-13)27-10-9-22-8-2-7-20-22/h1-8,11-12H,9-10H2,(H,21,24). The molecule has 0 saturated heterocycles. The molecule has 0 atom stereocenters. The molecule has 8 nitrogen and oxygen atoms in total. The highest BCUT2D eigenvalue weighted by Crippen LogP contribution is 2.22. The summed E-state index contributed by atoms with van der Waals surface area (Å²) >= 11 is 1.97. The van der Waals surface area contributed by atoms with Gasteiger partial charge in [0, 0.05) is 39.9 Å². The van der Waals surface area contributed by atoms with Crippen LogP contribution in [0.1, 0.15) is 10.4 Å². The first-order chi connectivity index (χ1) is 13.0. The van der Waals surface area contributed by atoms with E-state index >= 15 is 0 Å². The molecular weight excluding hydrogens is 463 g/mol. The molecule has 1 amide bonds. The second-order valence-corrected chi connectivity index (χ2v) is 6.68. The molecule has 9 heteroatoms. The number of halogens is 1. The van der Waals surface area contributed by atoms with E-state index in [4.69, 9.17) is 4.74 Å². The number of carbonyl (C=O) groups excluding carboxylic acids is 1. The van der Waals surface area contributed by atoms with E-state index in [2.05, 4.69) is 10.4 Å². The van der Waals surface area contributed by atoms with Crippen molar-refractivity contribution in [2.24, 2.45) is 0 Å². The number of ether oxygens (including phenoxy) is 1. The largest absolute Gasteiger partial charge is 0.492 e.